The maximum atomic E-state index is 12.1. The van der Waals surface area contributed by atoms with E-state index in [-0.39, 0.29) is 24.4 Å². The van der Waals surface area contributed by atoms with Gasteiger partial charge in [-0.15, -0.1) is 6.58 Å². The number of alkyl halides is 1. The van der Waals surface area contributed by atoms with E-state index in [0.29, 0.717) is 4.43 Å². The van der Waals surface area contributed by atoms with Gasteiger partial charge in [-0.05, 0) is 11.1 Å². The molecule has 0 radical (unpaired) electrons. The van der Waals surface area contributed by atoms with Crippen molar-refractivity contribution in [3.8, 4) is 0 Å². The minimum absolute atomic E-state index is 0.0146. The molecule has 1 aromatic carbocycles. The second-order valence-corrected chi connectivity index (χ2v) is 5.22. The van der Waals surface area contributed by atoms with Crippen molar-refractivity contribution in [2.45, 2.75) is 17.9 Å². The van der Waals surface area contributed by atoms with Gasteiger partial charge >= 0.3 is 5.97 Å². The number of halogens is 1. The summed E-state index contributed by atoms with van der Waals surface area (Å²) in [5.74, 6) is -0.613. The van der Waals surface area contributed by atoms with Crippen LogP contribution in [0.4, 0.5) is 0 Å². The molecule has 0 saturated heterocycles. The highest BCUT2D eigenvalue weighted by Gasteiger charge is 2.34. The smallest absolute Gasteiger partial charge is 0.314 e. The first-order valence-electron chi connectivity index (χ1n) is 5.80. The lowest BCUT2D eigenvalue weighted by molar-refractivity contribution is -0.148. The normalized spacial score (nSPS) is 22.6. The van der Waals surface area contributed by atoms with E-state index >= 15 is 0 Å². The van der Waals surface area contributed by atoms with Crippen molar-refractivity contribution in [1.82, 2.24) is 0 Å². The average Bonchev–Trinajstić information content (AvgIpc) is 2.44. The van der Waals surface area contributed by atoms with Crippen LogP contribution in [0, 0.1) is 0 Å². The van der Waals surface area contributed by atoms with Crippen LogP contribution in [-0.2, 0) is 9.53 Å². The van der Waals surface area contributed by atoms with E-state index in [0.717, 1.165) is 11.1 Å². The van der Waals surface area contributed by atoms with Gasteiger partial charge in [0, 0.05) is 10.3 Å². The molecule has 0 amide bonds. The van der Waals surface area contributed by atoms with Crippen molar-refractivity contribution >= 4 is 28.6 Å². The molecule has 2 bridgehead atoms. The highest BCUT2D eigenvalue weighted by Crippen LogP contribution is 2.40. The number of benzene rings is 1. The van der Waals surface area contributed by atoms with E-state index in [1.807, 2.05) is 24.3 Å². The van der Waals surface area contributed by atoms with Gasteiger partial charge in [-0.25, -0.2) is 0 Å². The molecular weight excluding hydrogens is 343 g/mol. The zero-order valence-corrected chi connectivity index (χ0v) is 12.0. The van der Waals surface area contributed by atoms with Gasteiger partial charge in [0.1, 0.15) is 6.61 Å². The average molecular weight is 358 g/mol. The zero-order valence-electron chi connectivity index (χ0n) is 9.88. The summed E-state index contributed by atoms with van der Waals surface area (Å²) in [4.78, 5) is 12.1. The van der Waals surface area contributed by atoms with Gasteiger partial charge in [0.25, 0.3) is 0 Å². The van der Waals surface area contributed by atoms with Crippen LogP contribution in [0.3, 0.4) is 0 Å². The van der Waals surface area contributed by atoms with Crippen LogP contribution in [0.1, 0.15) is 23.0 Å². The molecule has 0 fully saturated rings. The Morgan fingerprint density at radius 3 is 2.61 bits per heavy atom. The van der Waals surface area contributed by atoms with Crippen molar-refractivity contribution in [2.75, 3.05) is 11.0 Å². The number of esters is 1. The quantitative estimate of drug-likeness (QED) is 0.381. The molecule has 0 heterocycles. The Hall–Kier alpha value is -0.880. The summed E-state index contributed by atoms with van der Waals surface area (Å²) in [6.07, 6.45) is 1.18. The number of hydrogen-bond donors (Lipinski definition) is 1. The fraction of sp³-hybridized carbons (Fsp3) is 0.357. The minimum Gasteiger partial charge on any atom is -0.462 e. The molecule has 0 spiro atoms. The SMILES string of the molecule is C=CC1c2ccc(cc2)C1C(=O)OCC(O)CI. The van der Waals surface area contributed by atoms with Gasteiger partial charge in [-0.2, -0.15) is 0 Å². The molecule has 0 aromatic heterocycles. The number of aliphatic hydroxyl groups is 1. The monoisotopic (exact) mass is 358 g/mol. The summed E-state index contributed by atoms with van der Waals surface area (Å²) in [7, 11) is 0. The Balaban J connectivity index is 2.09. The second-order valence-electron chi connectivity index (χ2n) is 4.34. The Bertz CT molecular complexity index is 441. The number of rotatable bonds is 5. The highest BCUT2D eigenvalue weighted by molar-refractivity contribution is 14.1. The topological polar surface area (TPSA) is 46.5 Å². The van der Waals surface area contributed by atoms with E-state index < -0.39 is 6.10 Å². The molecule has 3 atom stereocenters. The third-order valence-electron chi connectivity index (χ3n) is 3.14. The Morgan fingerprint density at radius 2 is 2.06 bits per heavy atom. The van der Waals surface area contributed by atoms with Gasteiger partial charge in [0.15, 0.2) is 0 Å². The van der Waals surface area contributed by atoms with Crippen molar-refractivity contribution in [3.63, 3.8) is 0 Å². The molecule has 96 valence electrons. The van der Waals surface area contributed by atoms with E-state index in [1.165, 1.54) is 0 Å². The van der Waals surface area contributed by atoms with Gasteiger partial charge in [0.05, 0.1) is 12.0 Å². The molecule has 4 heteroatoms. The molecule has 3 rings (SSSR count). The van der Waals surface area contributed by atoms with Crippen molar-refractivity contribution < 1.29 is 14.6 Å². The fourth-order valence-corrected chi connectivity index (χ4v) is 2.45. The second kappa shape index (κ2) is 5.84. The number of aliphatic hydroxyl groups excluding tert-OH is 1. The van der Waals surface area contributed by atoms with E-state index in [9.17, 15) is 9.90 Å². The Labute approximate surface area is 120 Å². The molecule has 3 nitrogen and oxygen atoms in total. The molecular formula is C14H15IO3. The zero-order chi connectivity index (χ0) is 13.1. The standard InChI is InChI=1S/C14H15IO3/c1-2-12-9-3-5-10(6-4-9)13(12)14(17)18-8-11(16)7-15/h2-6,11-13,16H,1,7-8H2. The Morgan fingerprint density at radius 1 is 1.44 bits per heavy atom. The maximum absolute atomic E-state index is 12.1. The molecule has 0 saturated carbocycles. The third-order valence-corrected chi connectivity index (χ3v) is 4.16. The molecule has 2 aliphatic carbocycles. The van der Waals surface area contributed by atoms with E-state index in [1.54, 1.807) is 6.08 Å². The summed E-state index contributed by atoms with van der Waals surface area (Å²) in [5, 5.41) is 9.42. The minimum atomic E-state index is -0.596. The van der Waals surface area contributed by atoms with Crippen molar-refractivity contribution in [2.24, 2.45) is 0 Å². The number of carbonyl (C=O) groups excluding carboxylic acids is 1. The third kappa shape index (κ3) is 2.59. The number of ether oxygens (including phenoxy) is 1. The first-order chi connectivity index (χ1) is 8.67. The number of allylic oxidation sites excluding steroid dienone is 1. The van der Waals surface area contributed by atoms with Crippen LogP contribution in [-0.4, -0.2) is 28.2 Å². The number of carbonyl (C=O) groups is 1. The molecule has 3 unspecified atom stereocenters. The predicted molar refractivity (Wildman–Crippen MR) is 78.0 cm³/mol. The van der Waals surface area contributed by atoms with Crippen molar-refractivity contribution in [3.05, 3.63) is 48.0 Å². The molecule has 0 aliphatic heterocycles. The van der Waals surface area contributed by atoms with Gasteiger partial charge in [0.2, 0.25) is 0 Å². The summed E-state index contributed by atoms with van der Waals surface area (Å²) in [6.45, 7) is 3.84. The van der Waals surface area contributed by atoms with Crippen LogP contribution in [0.5, 0.6) is 0 Å². The maximum Gasteiger partial charge on any atom is 0.314 e. The summed E-state index contributed by atoms with van der Waals surface area (Å²) in [5.41, 5.74) is 2.03. The Kier molecular flexibility index (Phi) is 4.40. The van der Waals surface area contributed by atoms with Gasteiger partial charge in [-0.1, -0.05) is 52.9 Å². The van der Waals surface area contributed by atoms with Gasteiger partial charge in [-0.3, -0.25) is 4.79 Å². The first-order valence-corrected chi connectivity index (χ1v) is 7.33. The fourth-order valence-electron chi connectivity index (χ4n) is 2.19. The summed E-state index contributed by atoms with van der Waals surface area (Å²) in [6, 6.07) is 7.89. The highest BCUT2D eigenvalue weighted by atomic mass is 127. The molecule has 2 aliphatic rings. The molecule has 1 aromatic rings. The lowest BCUT2D eigenvalue weighted by Gasteiger charge is -2.29. The summed E-state index contributed by atoms with van der Waals surface area (Å²) < 4.78 is 5.73. The van der Waals surface area contributed by atoms with Crippen LogP contribution >= 0.6 is 22.6 Å². The largest absolute Gasteiger partial charge is 0.462 e. The van der Waals surface area contributed by atoms with Gasteiger partial charge < -0.3 is 9.84 Å². The number of fused-ring (bicyclic) bond motifs is 3. The lowest BCUT2D eigenvalue weighted by Crippen LogP contribution is -2.28. The van der Waals surface area contributed by atoms with E-state index in [2.05, 4.69) is 29.2 Å². The first kappa shape index (κ1) is 13.5. The summed E-state index contributed by atoms with van der Waals surface area (Å²) >= 11 is 2.06. The van der Waals surface area contributed by atoms with Crippen LogP contribution in [0.15, 0.2) is 36.9 Å². The number of hydrogen-bond acceptors (Lipinski definition) is 3. The van der Waals surface area contributed by atoms with Crippen LogP contribution < -0.4 is 0 Å². The van der Waals surface area contributed by atoms with Crippen molar-refractivity contribution in [1.29, 1.82) is 0 Å². The predicted octanol–water partition coefficient (Wildman–Crippen LogP) is 2.39. The van der Waals surface area contributed by atoms with Crippen LogP contribution in [0.25, 0.3) is 0 Å². The molecule has 18 heavy (non-hydrogen) atoms. The lowest BCUT2D eigenvalue weighted by atomic mass is 9.76. The molecule has 1 N–H and O–H groups in total. The van der Waals surface area contributed by atoms with Crippen LogP contribution in [0.2, 0.25) is 0 Å². The van der Waals surface area contributed by atoms with E-state index in [4.69, 9.17) is 4.74 Å².